The Kier molecular flexibility index (Phi) is 3.25. The maximum Gasteiger partial charge on any atom is 0.417 e. The molecule has 3 rings (SSSR count). The first kappa shape index (κ1) is 13.4. The van der Waals surface area contributed by atoms with Gasteiger partial charge in [0.25, 0.3) is 11.8 Å². The van der Waals surface area contributed by atoms with Crippen LogP contribution in [0.4, 0.5) is 4.79 Å². The first-order valence-electron chi connectivity index (χ1n) is 6.53. The molecule has 2 saturated heterocycles. The maximum atomic E-state index is 12.4. The van der Waals surface area contributed by atoms with Gasteiger partial charge in [-0.25, -0.2) is 9.69 Å². The van der Waals surface area contributed by atoms with Crippen molar-refractivity contribution in [3.05, 3.63) is 29.8 Å². The van der Waals surface area contributed by atoms with Crippen LogP contribution in [0.2, 0.25) is 0 Å². The number of hydrogen-bond acceptors (Lipinski definition) is 5. The highest BCUT2D eigenvalue weighted by Crippen LogP contribution is 2.25. The number of likely N-dealkylation sites (tertiary alicyclic amines) is 1. The summed E-state index contributed by atoms with van der Waals surface area (Å²) in [5, 5.41) is 0. The quantitative estimate of drug-likeness (QED) is 0.810. The topological polar surface area (TPSA) is 76.2 Å². The molecule has 1 aromatic carbocycles. The molecule has 7 nitrogen and oxygen atoms in total. The summed E-state index contributed by atoms with van der Waals surface area (Å²) in [7, 11) is 1.50. The first-order chi connectivity index (χ1) is 10.1. The molecule has 2 aliphatic heterocycles. The van der Waals surface area contributed by atoms with Gasteiger partial charge in [0, 0.05) is 13.1 Å². The average Bonchev–Trinajstić information content (AvgIpc) is 2.77. The molecule has 0 spiro atoms. The third kappa shape index (κ3) is 2.20. The number of para-hydroxylation sites is 1. The molecule has 110 valence electrons. The largest absolute Gasteiger partial charge is 0.496 e. The molecule has 0 aliphatic carbocycles. The number of nitrogens with zero attached hydrogens (tertiary/aromatic N) is 2. The summed E-state index contributed by atoms with van der Waals surface area (Å²) in [4.78, 5) is 38.0. The van der Waals surface area contributed by atoms with Crippen LogP contribution in [0.25, 0.3) is 0 Å². The van der Waals surface area contributed by atoms with Crippen LogP contribution in [0, 0.1) is 0 Å². The predicted molar refractivity (Wildman–Crippen MR) is 70.9 cm³/mol. The highest BCUT2D eigenvalue weighted by atomic mass is 16.6. The van der Waals surface area contributed by atoms with Gasteiger partial charge in [-0.05, 0) is 12.1 Å². The average molecular weight is 290 g/mol. The third-order valence-electron chi connectivity index (χ3n) is 3.64. The zero-order valence-corrected chi connectivity index (χ0v) is 11.4. The van der Waals surface area contributed by atoms with E-state index in [1.165, 1.54) is 7.11 Å². The summed E-state index contributed by atoms with van der Waals surface area (Å²) >= 11 is 0. The molecule has 0 atom stereocenters. The number of carbonyl (C=O) groups is 3. The van der Waals surface area contributed by atoms with Gasteiger partial charge in [-0.2, -0.15) is 0 Å². The maximum absolute atomic E-state index is 12.4. The molecule has 7 heteroatoms. The monoisotopic (exact) mass is 290 g/mol. The number of rotatable bonds is 3. The number of amides is 3. The van der Waals surface area contributed by atoms with E-state index in [-0.39, 0.29) is 24.5 Å². The minimum absolute atomic E-state index is 0.177. The normalized spacial score (nSPS) is 18.5. The SMILES string of the molecule is COc1ccccc1C(=O)N1CC(N2C(=O)COC2=O)C1. The van der Waals surface area contributed by atoms with Crippen molar-refractivity contribution < 1.29 is 23.9 Å². The standard InChI is InChI=1S/C14H14N2O5/c1-20-11-5-3-2-4-10(11)13(18)15-6-9(7-15)16-12(17)8-21-14(16)19/h2-5,9H,6-8H2,1H3. The fourth-order valence-corrected chi connectivity index (χ4v) is 2.49. The van der Waals surface area contributed by atoms with E-state index in [1.54, 1.807) is 29.2 Å². The Balaban J connectivity index is 1.67. The van der Waals surface area contributed by atoms with Gasteiger partial charge in [0.15, 0.2) is 6.61 Å². The van der Waals surface area contributed by atoms with E-state index in [9.17, 15) is 14.4 Å². The fourth-order valence-electron chi connectivity index (χ4n) is 2.49. The number of carbonyl (C=O) groups excluding carboxylic acids is 3. The Morgan fingerprint density at radius 2 is 2.00 bits per heavy atom. The Morgan fingerprint density at radius 3 is 2.62 bits per heavy atom. The van der Waals surface area contributed by atoms with Gasteiger partial charge in [-0.1, -0.05) is 12.1 Å². The number of ether oxygens (including phenoxy) is 2. The molecule has 2 fully saturated rings. The van der Waals surface area contributed by atoms with Crippen LogP contribution in [0.3, 0.4) is 0 Å². The lowest BCUT2D eigenvalue weighted by molar-refractivity contribution is -0.129. The Bertz CT molecular complexity index is 593. The molecule has 0 radical (unpaired) electrons. The van der Waals surface area contributed by atoms with Gasteiger partial charge in [0.2, 0.25) is 0 Å². The molecule has 0 unspecified atom stereocenters. The molecule has 2 aliphatic rings. The van der Waals surface area contributed by atoms with Gasteiger partial charge in [-0.3, -0.25) is 9.59 Å². The first-order valence-corrected chi connectivity index (χ1v) is 6.53. The molecule has 1 aromatic rings. The molecular formula is C14H14N2O5. The number of imide groups is 1. The summed E-state index contributed by atoms with van der Waals surface area (Å²) in [6.07, 6.45) is -0.630. The Hall–Kier alpha value is -2.57. The highest BCUT2D eigenvalue weighted by molar-refractivity contribution is 6.00. The van der Waals surface area contributed by atoms with Crippen LogP contribution in [0.5, 0.6) is 5.75 Å². The minimum atomic E-state index is -0.630. The van der Waals surface area contributed by atoms with E-state index in [4.69, 9.17) is 4.74 Å². The van der Waals surface area contributed by atoms with Crippen molar-refractivity contribution in [2.45, 2.75) is 6.04 Å². The van der Waals surface area contributed by atoms with E-state index >= 15 is 0 Å². The van der Waals surface area contributed by atoms with Crippen LogP contribution in [0.1, 0.15) is 10.4 Å². The zero-order chi connectivity index (χ0) is 15.0. The van der Waals surface area contributed by atoms with Gasteiger partial charge < -0.3 is 14.4 Å². The van der Waals surface area contributed by atoms with Gasteiger partial charge in [0.05, 0.1) is 18.7 Å². The number of hydrogen-bond donors (Lipinski definition) is 0. The zero-order valence-electron chi connectivity index (χ0n) is 11.4. The molecule has 21 heavy (non-hydrogen) atoms. The number of methoxy groups -OCH3 is 1. The Morgan fingerprint density at radius 1 is 1.29 bits per heavy atom. The van der Waals surface area contributed by atoms with Crippen LogP contribution in [-0.4, -0.2) is 60.6 Å². The van der Waals surface area contributed by atoms with E-state index in [1.807, 2.05) is 0 Å². The summed E-state index contributed by atoms with van der Waals surface area (Å²) in [6.45, 7) is 0.422. The van der Waals surface area contributed by atoms with E-state index in [2.05, 4.69) is 4.74 Å². The van der Waals surface area contributed by atoms with Crippen LogP contribution in [-0.2, 0) is 9.53 Å². The van der Waals surface area contributed by atoms with Crippen molar-refractivity contribution in [1.29, 1.82) is 0 Å². The molecular weight excluding hydrogens is 276 g/mol. The number of benzene rings is 1. The Labute approximate surface area is 121 Å². The van der Waals surface area contributed by atoms with Crippen molar-refractivity contribution in [2.75, 3.05) is 26.8 Å². The second-order valence-corrected chi connectivity index (χ2v) is 4.88. The third-order valence-corrected chi connectivity index (χ3v) is 3.64. The summed E-state index contributed by atoms with van der Waals surface area (Å²) < 4.78 is 9.83. The van der Waals surface area contributed by atoms with Gasteiger partial charge in [0.1, 0.15) is 5.75 Å². The van der Waals surface area contributed by atoms with Crippen molar-refractivity contribution in [2.24, 2.45) is 0 Å². The second kappa shape index (κ2) is 5.08. The number of cyclic esters (lactones) is 1. The smallest absolute Gasteiger partial charge is 0.417 e. The summed E-state index contributed by atoms with van der Waals surface area (Å²) in [5.41, 5.74) is 0.466. The highest BCUT2D eigenvalue weighted by Gasteiger charge is 2.44. The fraction of sp³-hybridized carbons (Fsp3) is 0.357. The van der Waals surface area contributed by atoms with Crippen LogP contribution in [0.15, 0.2) is 24.3 Å². The molecule has 0 bridgehead atoms. The van der Waals surface area contributed by atoms with Gasteiger partial charge >= 0.3 is 6.09 Å². The van der Waals surface area contributed by atoms with Crippen molar-refractivity contribution in [3.8, 4) is 5.75 Å². The van der Waals surface area contributed by atoms with E-state index in [0.717, 1.165) is 4.90 Å². The van der Waals surface area contributed by atoms with Crippen molar-refractivity contribution >= 4 is 17.9 Å². The van der Waals surface area contributed by atoms with Crippen LogP contribution >= 0.6 is 0 Å². The molecule has 0 aromatic heterocycles. The molecule has 0 saturated carbocycles. The second-order valence-electron chi connectivity index (χ2n) is 4.88. The van der Waals surface area contributed by atoms with Crippen molar-refractivity contribution in [3.63, 3.8) is 0 Å². The van der Waals surface area contributed by atoms with Crippen molar-refractivity contribution in [1.82, 2.24) is 9.80 Å². The summed E-state index contributed by atoms with van der Waals surface area (Å²) in [6, 6.07) is 6.64. The lowest BCUT2D eigenvalue weighted by Gasteiger charge is -2.42. The molecule has 0 N–H and O–H groups in total. The molecule has 3 amide bonds. The van der Waals surface area contributed by atoms with Crippen LogP contribution < -0.4 is 4.74 Å². The molecule has 2 heterocycles. The van der Waals surface area contributed by atoms with E-state index in [0.29, 0.717) is 24.4 Å². The lowest BCUT2D eigenvalue weighted by atomic mass is 10.0. The minimum Gasteiger partial charge on any atom is -0.496 e. The van der Waals surface area contributed by atoms with Gasteiger partial charge in [-0.15, -0.1) is 0 Å². The summed E-state index contributed by atoms with van der Waals surface area (Å²) in [5.74, 6) is -0.0271. The lowest BCUT2D eigenvalue weighted by Crippen LogP contribution is -2.62. The predicted octanol–water partition coefficient (Wildman–Crippen LogP) is 0.498. The van der Waals surface area contributed by atoms with E-state index < -0.39 is 6.09 Å².